The fraction of sp³-hybridized carbons (Fsp3) is 0.357. The van der Waals surface area contributed by atoms with Gasteiger partial charge in [0.2, 0.25) is 5.91 Å². The summed E-state index contributed by atoms with van der Waals surface area (Å²) in [4.78, 5) is 33.5. The van der Waals surface area contributed by atoms with Crippen LogP contribution in [0.1, 0.15) is 30.9 Å². The molecule has 0 aromatic heterocycles. The molecule has 0 saturated heterocycles. The first-order chi connectivity index (χ1) is 9.92. The summed E-state index contributed by atoms with van der Waals surface area (Å²) in [6.45, 7) is 0. The van der Waals surface area contributed by atoms with Gasteiger partial charge >= 0.3 is 11.9 Å². The highest BCUT2D eigenvalue weighted by Gasteiger charge is 2.19. The second-order valence-corrected chi connectivity index (χ2v) is 4.35. The van der Waals surface area contributed by atoms with Crippen molar-refractivity contribution in [2.45, 2.75) is 25.3 Å². The van der Waals surface area contributed by atoms with E-state index in [9.17, 15) is 18.8 Å². The minimum absolute atomic E-state index is 0.168. The van der Waals surface area contributed by atoms with Crippen molar-refractivity contribution < 1.29 is 28.6 Å². The number of rotatable bonds is 7. The summed E-state index contributed by atoms with van der Waals surface area (Å²) in [6, 6.07) is 4.69. The van der Waals surface area contributed by atoms with Crippen LogP contribution in [0, 0.1) is 5.82 Å². The van der Waals surface area contributed by atoms with E-state index in [0.717, 1.165) is 0 Å². The monoisotopic (exact) mass is 297 g/mol. The molecule has 0 aliphatic carbocycles. The van der Waals surface area contributed by atoms with Gasteiger partial charge in [-0.1, -0.05) is 12.1 Å². The Morgan fingerprint density at radius 1 is 1.33 bits per heavy atom. The van der Waals surface area contributed by atoms with Crippen LogP contribution < -0.4 is 5.32 Å². The Morgan fingerprint density at radius 3 is 2.62 bits per heavy atom. The summed E-state index contributed by atoms with van der Waals surface area (Å²) in [5.41, 5.74) is 0.407. The van der Waals surface area contributed by atoms with Gasteiger partial charge in [0.1, 0.15) is 5.82 Å². The van der Waals surface area contributed by atoms with Gasteiger partial charge in [-0.2, -0.15) is 0 Å². The minimum Gasteiger partial charge on any atom is -0.481 e. The zero-order valence-corrected chi connectivity index (χ0v) is 11.5. The molecule has 0 bridgehead atoms. The lowest BCUT2D eigenvalue weighted by atomic mass is 10.0. The summed E-state index contributed by atoms with van der Waals surface area (Å²) < 4.78 is 17.8. The zero-order valence-electron chi connectivity index (χ0n) is 11.5. The molecule has 0 spiro atoms. The van der Waals surface area contributed by atoms with E-state index in [-0.39, 0.29) is 19.3 Å². The number of hydrogen-bond acceptors (Lipinski definition) is 4. The SMILES string of the molecule is COC(=O)C[C@H](NC(=O)CCC(=O)O)c1cccc(F)c1. The second kappa shape index (κ2) is 7.98. The molecule has 6 nitrogen and oxygen atoms in total. The maximum atomic E-state index is 13.2. The highest BCUT2D eigenvalue weighted by Crippen LogP contribution is 2.18. The van der Waals surface area contributed by atoms with Crippen LogP contribution in [0.3, 0.4) is 0 Å². The Balaban J connectivity index is 2.80. The molecule has 2 N–H and O–H groups in total. The number of carbonyl (C=O) groups is 3. The zero-order chi connectivity index (χ0) is 15.8. The van der Waals surface area contributed by atoms with Crippen LogP contribution in [-0.4, -0.2) is 30.1 Å². The Kier molecular flexibility index (Phi) is 6.32. The number of methoxy groups -OCH3 is 1. The summed E-state index contributed by atoms with van der Waals surface area (Å²) in [6.07, 6.45) is -0.707. The molecule has 1 amide bonds. The second-order valence-electron chi connectivity index (χ2n) is 4.35. The molecule has 1 aromatic carbocycles. The third-order valence-electron chi connectivity index (χ3n) is 2.75. The van der Waals surface area contributed by atoms with Crippen molar-refractivity contribution in [3.05, 3.63) is 35.6 Å². The molecule has 0 aliphatic heterocycles. The maximum Gasteiger partial charge on any atom is 0.307 e. The Morgan fingerprint density at radius 2 is 2.05 bits per heavy atom. The first-order valence-electron chi connectivity index (χ1n) is 6.25. The van der Waals surface area contributed by atoms with Crippen LogP contribution in [0.2, 0.25) is 0 Å². The molecular weight excluding hydrogens is 281 g/mol. The molecule has 21 heavy (non-hydrogen) atoms. The average molecular weight is 297 g/mol. The van der Waals surface area contributed by atoms with E-state index in [1.165, 1.54) is 25.3 Å². The van der Waals surface area contributed by atoms with Gasteiger partial charge in [0.15, 0.2) is 0 Å². The van der Waals surface area contributed by atoms with E-state index in [1.54, 1.807) is 6.07 Å². The van der Waals surface area contributed by atoms with E-state index >= 15 is 0 Å². The fourth-order valence-corrected chi connectivity index (χ4v) is 1.71. The van der Waals surface area contributed by atoms with E-state index in [0.29, 0.717) is 5.56 Å². The summed E-state index contributed by atoms with van der Waals surface area (Å²) in [5, 5.41) is 11.0. The molecule has 1 rings (SSSR count). The molecule has 7 heteroatoms. The van der Waals surface area contributed by atoms with Crippen LogP contribution in [0.5, 0.6) is 0 Å². The molecule has 1 atom stereocenters. The van der Waals surface area contributed by atoms with Gasteiger partial charge in [0.05, 0.1) is 26.0 Å². The number of amides is 1. The van der Waals surface area contributed by atoms with Crippen molar-refractivity contribution >= 4 is 17.8 Å². The van der Waals surface area contributed by atoms with Crippen LogP contribution in [0.15, 0.2) is 24.3 Å². The van der Waals surface area contributed by atoms with Crippen molar-refractivity contribution in [3.63, 3.8) is 0 Å². The van der Waals surface area contributed by atoms with Crippen LogP contribution >= 0.6 is 0 Å². The van der Waals surface area contributed by atoms with Gasteiger partial charge in [-0.15, -0.1) is 0 Å². The maximum absolute atomic E-state index is 13.2. The largest absolute Gasteiger partial charge is 0.481 e. The summed E-state index contributed by atoms with van der Waals surface area (Å²) in [5.74, 6) is -2.69. The number of hydrogen-bond donors (Lipinski definition) is 2. The first kappa shape index (κ1) is 16.6. The minimum atomic E-state index is -1.10. The van der Waals surface area contributed by atoms with Gasteiger partial charge in [-0.3, -0.25) is 14.4 Å². The van der Waals surface area contributed by atoms with E-state index in [4.69, 9.17) is 5.11 Å². The lowest BCUT2D eigenvalue weighted by Crippen LogP contribution is -2.30. The summed E-state index contributed by atoms with van der Waals surface area (Å²) in [7, 11) is 1.21. The molecule has 114 valence electrons. The third kappa shape index (κ3) is 6.03. The molecular formula is C14H16FNO5. The van der Waals surface area contributed by atoms with Crippen LogP contribution in [0.25, 0.3) is 0 Å². The predicted molar refractivity (Wildman–Crippen MR) is 70.8 cm³/mol. The lowest BCUT2D eigenvalue weighted by Gasteiger charge is -2.18. The predicted octanol–water partition coefficient (Wildman–Crippen LogP) is 1.41. The van der Waals surface area contributed by atoms with Gasteiger partial charge in [0.25, 0.3) is 0 Å². The van der Waals surface area contributed by atoms with Gasteiger partial charge in [0, 0.05) is 6.42 Å². The molecule has 0 saturated carbocycles. The molecule has 0 heterocycles. The van der Waals surface area contributed by atoms with E-state index in [2.05, 4.69) is 10.1 Å². The fourth-order valence-electron chi connectivity index (χ4n) is 1.71. The normalized spacial score (nSPS) is 11.5. The number of nitrogens with one attached hydrogen (secondary N) is 1. The van der Waals surface area contributed by atoms with Gasteiger partial charge < -0.3 is 15.2 Å². The molecule has 0 fully saturated rings. The van der Waals surface area contributed by atoms with Crippen molar-refractivity contribution in [3.8, 4) is 0 Å². The highest BCUT2D eigenvalue weighted by molar-refractivity contribution is 5.81. The lowest BCUT2D eigenvalue weighted by molar-refractivity contribution is -0.142. The van der Waals surface area contributed by atoms with Crippen molar-refractivity contribution in [1.29, 1.82) is 0 Å². The Bertz CT molecular complexity index is 532. The number of esters is 1. The van der Waals surface area contributed by atoms with Crippen molar-refractivity contribution in [2.24, 2.45) is 0 Å². The standard InChI is InChI=1S/C14H16FNO5/c1-21-14(20)8-11(9-3-2-4-10(15)7-9)16-12(17)5-6-13(18)19/h2-4,7,11H,5-6,8H2,1H3,(H,16,17)(H,18,19)/t11-/m0/s1. The highest BCUT2D eigenvalue weighted by atomic mass is 19.1. The van der Waals surface area contributed by atoms with E-state index in [1.807, 2.05) is 0 Å². The third-order valence-corrected chi connectivity index (χ3v) is 2.75. The smallest absolute Gasteiger partial charge is 0.307 e. The number of carboxylic acids is 1. The number of aliphatic carboxylic acids is 1. The Labute approximate surface area is 120 Å². The number of halogens is 1. The number of carboxylic acid groups (broad SMARTS) is 1. The number of ether oxygens (including phenoxy) is 1. The van der Waals surface area contributed by atoms with Crippen molar-refractivity contribution in [1.82, 2.24) is 5.32 Å². The number of carbonyl (C=O) groups excluding carboxylic acids is 2. The topological polar surface area (TPSA) is 92.7 Å². The summed E-state index contributed by atoms with van der Waals surface area (Å²) >= 11 is 0. The number of benzene rings is 1. The molecule has 0 aliphatic rings. The van der Waals surface area contributed by atoms with Crippen molar-refractivity contribution in [2.75, 3.05) is 7.11 Å². The van der Waals surface area contributed by atoms with Crippen LogP contribution in [-0.2, 0) is 19.1 Å². The van der Waals surface area contributed by atoms with Crippen LogP contribution in [0.4, 0.5) is 4.39 Å². The first-order valence-corrected chi connectivity index (χ1v) is 6.25. The molecule has 0 radical (unpaired) electrons. The molecule has 0 unspecified atom stereocenters. The van der Waals surface area contributed by atoms with E-state index < -0.39 is 29.7 Å². The molecule has 1 aromatic rings. The Hall–Kier alpha value is -2.44. The van der Waals surface area contributed by atoms with Gasteiger partial charge in [-0.05, 0) is 17.7 Å². The average Bonchev–Trinajstić information content (AvgIpc) is 2.44. The van der Waals surface area contributed by atoms with Gasteiger partial charge in [-0.25, -0.2) is 4.39 Å². The quantitative estimate of drug-likeness (QED) is 0.742.